The average molecular weight is 796 g/mol. The molecule has 1 rings (SSSR count). The number of carbonyl (C=O) groups excluding carboxylic acids is 1. The Bertz CT molecular complexity index is 1020. The molecule has 7 N–H and O–H groups in total. The molecule has 10 heteroatoms. The lowest BCUT2D eigenvalue weighted by molar-refractivity contribution is -0.302. The molecule has 0 aromatic carbocycles. The van der Waals surface area contributed by atoms with Crippen molar-refractivity contribution in [2.45, 2.75) is 237 Å². The van der Waals surface area contributed by atoms with Gasteiger partial charge in [-0.25, -0.2) is 0 Å². The van der Waals surface area contributed by atoms with Gasteiger partial charge in [-0.3, -0.25) is 4.79 Å². The van der Waals surface area contributed by atoms with E-state index >= 15 is 0 Å². The number of hydrogen-bond acceptors (Lipinski definition) is 9. The summed E-state index contributed by atoms with van der Waals surface area (Å²) in [5.41, 5.74) is 1.18. The lowest BCUT2D eigenvalue weighted by Crippen LogP contribution is -2.60. The van der Waals surface area contributed by atoms with Crippen LogP contribution >= 0.6 is 0 Å². The van der Waals surface area contributed by atoms with E-state index in [1.54, 1.807) is 6.08 Å². The Morgan fingerprint density at radius 3 is 1.73 bits per heavy atom. The summed E-state index contributed by atoms with van der Waals surface area (Å²) in [6.45, 7) is 5.62. The van der Waals surface area contributed by atoms with Crippen LogP contribution in [-0.4, -0.2) is 98.7 Å². The summed E-state index contributed by atoms with van der Waals surface area (Å²) in [6, 6.07) is -1.01. The molecule has 1 aliphatic heterocycles. The number of rotatable bonds is 36. The van der Waals surface area contributed by atoms with Crippen LogP contribution in [0.4, 0.5) is 0 Å². The van der Waals surface area contributed by atoms with Crippen molar-refractivity contribution in [3.05, 3.63) is 36.0 Å². The van der Waals surface area contributed by atoms with E-state index in [0.717, 1.165) is 32.1 Å². The quantitative estimate of drug-likeness (QED) is 0.0188. The minimum absolute atomic E-state index is 0.301. The van der Waals surface area contributed by atoms with Crippen molar-refractivity contribution in [1.82, 2.24) is 5.32 Å². The van der Waals surface area contributed by atoms with Gasteiger partial charge in [0.2, 0.25) is 5.91 Å². The van der Waals surface area contributed by atoms with E-state index in [9.17, 15) is 35.4 Å². The molecule has 56 heavy (non-hydrogen) atoms. The van der Waals surface area contributed by atoms with Crippen LogP contribution < -0.4 is 5.32 Å². The van der Waals surface area contributed by atoms with Crippen molar-refractivity contribution in [3.63, 3.8) is 0 Å². The van der Waals surface area contributed by atoms with E-state index in [1.165, 1.54) is 121 Å². The second kappa shape index (κ2) is 35.3. The van der Waals surface area contributed by atoms with Crippen molar-refractivity contribution < 1.29 is 44.9 Å². The average Bonchev–Trinajstić information content (AvgIpc) is 3.19. The molecule has 1 aliphatic rings. The molecule has 10 nitrogen and oxygen atoms in total. The molecule has 0 aliphatic carbocycles. The molecule has 0 saturated carbocycles. The second-order valence-corrected chi connectivity index (χ2v) is 16.2. The maximum atomic E-state index is 13.0. The van der Waals surface area contributed by atoms with E-state index in [0.29, 0.717) is 19.3 Å². The van der Waals surface area contributed by atoms with Crippen LogP contribution in [0, 0.1) is 0 Å². The zero-order chi connectivity index (χ0) is 41.2. The lowest BCUT2D eigenvalue weighted by Gasteiger charge is -2.40. The highest BCUT2D eigenvalue weighted by Gasteiger charge is 2.44. The first kappa shape index (κ1) is 52.4. The van der Waals surface area contributed by atoms with Crippen LogP contribution in [0.5, 0.6) is 0 Å². The largest absolute Gasteiger partial charge is 0.394 e. The first-order valence-corrected chi connectivity index (χ1v) is 22.7. The minimum atomic E-state index is -1.62. The van der Waals surface area contributed by atoms with Crippen LogP contribution in [0.2, 0.25) is 0 Å². The lowest BCUT2D eigenvalue weighted by atomic mass is 9.99. The van der Waals surface area contributed by atoms with Gasteiger partial charge in [0.25, 0.3) is 0 Å². The third-order valence-electron chi connectivity index (χ3n) is 10.9. The van der Waals surface area contributed by atoms with Crippen molar-refractivity contribution >= 4 is 5.91 Å². The molecular weight excluding hydrogens is 711 g/mol. The SMILES string of the molecule is CCCCCCCC=CC(C)=CCCC=CC(O)C(COC1OC(CO)C(O)C(O)C1O)NC(=O)C(O)CCCCCCCCCCCCCCCCCCC. The number of amides is 1. The van der Waals surface area contributed by atoms with Crippen molar-refractivity contribution in [3.8, 4) is 0 Å². The molecule has 0 radical (unpaired) electrons. The summed E-state index contributed by atoms with van der Waals surface area (Å²) in [7, 11) is 0. The van der Waals surface area contributed by atoms with Gasteiger partial charge >= 0.3 is 0 Å². The van der Waals surface area contributed by atoms with Gasteiger partial charge in [0.05, 0.1) is 25.4 Å². The zero-order valence-electron chi connectivity index (χ0n) is 35.7. The Labute approximate surface area is 341 Å². The van der Waals surface area contributed by atoms with Gasteiger partial charge in [0.15, 0.2) is 6.29 Å². The molecule has 0 bridgehead atoms. The van der Waals surface area contributed by atoms with Gasteiger partial charge in [-0.1, -0.05) is 185 Å². The van der Waals surface area contributed by atoms with E-state index in [1.807, 2.05) is 6.08 Å². The zero-order valence-corrected chi connectivity index (χ0v) is 35.7. The van der Waals surface area contributed by atoms with Crippen molar-refractivity contribution in [2.24, 2.45) is 0 Å². The summed E-state index contributed by atoms with van der Waals surface area (Å²) in [5, 5.41) is 64.7. The first-order chi connectivity index (χ1) is 27.2. The molecule has 1 amide bonds. The van der Waals surface area contributed by atoms with Gasteiger partial charge in [-0.05, 0) is 39.0 Å². The number of ether oxygens (including phenoxy) is 2. The summed E-state index contributed by atoms with van der Waals surface area (Å²) >= 11 is 0. The maximum Gasteiger partial charge on any atom is 0.249 e. The summed E-state index contributed by atoms with van der Waals surface area (Å²) < 4.78 is 11.1. The molecule has 1 fully saturated rings. The Balaban J connectivity index is 2.50. The number of nitrogens with one attached hydrogen (secondary N) is 1. The molecule has 0 aromatic heterocycles. The third-order valence-corrected chi connectivity index (χ3v) is 10.9. The number of unbranched alkanes of at least 4 members (excludes halogenated alkanes) is 22. The Morgan fingerprint density at radius 2 is 1.20 bits per heavy atom. The highest BCUT2D eigenvalue weighted by atomic mass is 16.7. The molecule has 8 atom stereocenters. The predicted octanol–water partition coefficient (Wildman–Crippen LogP) is 8.25. The van der Waals surface area contributed by atoms with Crippen molar-refractivity contribution in [1.29, 1.82) is 0 Å². The van der Waals surface area contributed by atoms with E-state index in [2.05, 4.69) is 44.3 Å². The molecule has 1 heterocycles. The fraction of sp³-hybridized carbons (Fsp3) is 0.848. The Morgan fingerprint density at radius 1 is 0.679 bits per heavy atom. The Kier molecular flexibility index (Phi) is 33.0. The second-order valence-electron chi connectivity index (χ2n) is 16.2. The highest BCUT2D eigenvalue weighted by molar-refractivity contribution is 5.80. The normalized spacial score (nSPS) is 22.2. The fourth-order valence-electron chi connectivity index (χ4n) is 7.08. The van der Waals surface area contributed by atoms with Gasteiger partial charge in [-0.2, -0.15) is 0 Å². The van der Waals surface area contributed by atoms with Crippen LogP contribution in [-0.2, 0) is 14.3 Å². The summed E-state index contributed by atoms with van der Waals surface area (Å²) in [5.74, 6) is -0.632. The van der Waals surface area contributed by atoms with E-state index in [-0.39, 0.29) is 6.61 Å². The monoisotopic (exact) mass is 796 g/mol. The molecule has 1 saturated heterocycles. The number of aliphatic hydroxyl groups is 6. The predicted molar refractivity (Wildman–Crippen MR) is 227 cm³/mol. The molecule has 0 aromatic rings. The van der Waals surface area contributed by atoms with E-state index < -0.39 is 61.5 Å². The molecule has 0 spiro atoms. The smallest absolute Gasteiger partial charge is 0.249 e. The van der Waals surface area contributed by atoms with Crippen LogP contribution in [0.3, 0.4) is 0 Å². The third kappa shape index (κ3) is 25.7. The standard InChI is InChI=1S/C46H85NO9/c1-4-6-8-10-12-13-14-15-16-17-18-19-20-21-23-25-29-34-40(50)45(54)47-38(36-55-46-44(53)43(52)42(51)41(35-48)56-46)39(49)33-30-26-28-32-37(3)31-27-24-22-11-9-7-5-2/h27,30-33,38-44,46,48-53H,4-26,28-29,34-36H2,1-3H3,(H,47,54). The number of allylic oxidation sites excluding steroid dienone is 5. The highest BCUT2D eigenvalue weighted by Crippen LogP contribution is 2.23. The molecular formula is C46H85NO9. The summed E-state index contributed by atoms with van der Waals surface area (Å²) in [4.78, 5) is 13.0. The van der Waals surface area contributed by atoms with E-state index in [4.69, 9.17) is 9.47 Å². The fourth-order valence-corrected chi connectivity index (χ4v) is 7.08. The Hall–Kier alpha value is -1.63. The van der Waals surface area contributed by atoms with Gasteiger partial charge in [0, 0.05) is 0 Å². The van der Waals surface area contributed by atoms with Crippen LogP contribution in [0.25, 0.3) is 0 Å². The van der Waals surface area contributed by atoms with Gasteiger partial charge < -0.3 is 45.4 Å². The van der Waals surface area contributed by atoms with Gasteiger partial charge in [-0.15, -0.1) is 0 Å². The van der Waals surface area contributed by atoms with Crippen LogP contribution in [0.15, 0.2) is 36.0 Å². The maximum absolute atomic E-state index is 13.0. The number of carbonyl (C=O) groups is 1. The minimum Gasteiger partial charge on any atom is -0.394 e. The summed E-state index contributed by atoms with van der Waals surface area (Å²) in [6.07, 6.45) is 30.5. The number of hydrogen-bond donors (Lipinski definition) is 7. The van der Waals surface area contributed by atoms with Crippen LogP contribution in [0.1, 0.15) is 188 Å². The topological polar surface area (TPSA) is 169 Å². The molecule has 328 valence electrons. The molecule has 8 unspecified atom stereocenters. The van der Waals surface area contributed by atoms with Crippen molar-refractivity contribution in [2.75, 3.05) is 13.2 Å². The number of aliphatic hydroxyl groups excluding tert-OH is 6. The van der Waals surface area contributed by atoms with Gasteiger partial charge in [0.1, 0.15) is 30.5 Å². The first-order valence-electron chi connectivity index (χ1n) is 22.7.